The summed E-state index contributed by atoms with van der Waals surface area (Å²) in [5.41, 5.74) is 8.00. The Morgan fingerprint density at radius 1 is 0.800 bits per heavy atom. The first-order valence-electron chi connectivity index (χ1n) is 13.5. The second kappa shape index (κ2) is 10.7. The molecular weight excluding hydrogens is 516 g/mol. The van der Waals surface area contributed by atoms with Gasteiger partial charge in [0.2, 0.25) is 10.0 Å². The maximum atomic E-state index is 13.1. The van der Waals surface area contributed by atoms with Crippen LogP contribution in [0.25, 0.3) is 0 Å². The molecular formula is C33H30N4O2S. The van der Waals surface area contributed by atoms with Crippen molar-refractivity contribution in [1.29, 1.82) is 0 Å². The fourth-order valence-corrected chi connectivity index (χ4v) is 6.36. The van der Waals surface area contributed by atoms with Gasteiger partial charge in [0.1, 0.15) is 0 Å². The minimum Gasteiger partial charge on any atom is -0.461 e. The fourth-order valence-electron chi connectivity index (χ4n) is 5.08. The van der Waals surface area contributed by atoms with Crippen molar-refractivity contribution in [3.8, 4) is 0 Å². The number of hydrogen-bond acceptors (Lipinski definition) is 7. The summed E-state index contributed by atoms with van der Waals surface area (Å²) in [6.45, 7) is 6.28. The van der Waals surface area contributed by atoms with Crippen molar-refractivity contribution in [1.82, 2.24) is 0 Å². The average Bonchev–Trinajstić information content (AvgIpc) is 3.39. The summed E-state index contributed by atoms with van der Waals surface area (Å²) in [4.78, 5) is 12.1. The van der Waals surface area contributed by atoms with Crippen molar-refractivity contribution in [2.45, 2.75) is 32.2 Å². The van der Waals surface area contributed by atoms with Crippen molar-refractivity contribution in [2.24, 2.45) is 10.2 Å². The molecule has 4 aromatic carbocycles. The molecule has 0 fully saturated rings. The molecule has 1 unspecified atom stereocenters. The molecule has 0 saturated carbocycles. The molecule has 6 nitrogen and oxygen atoms in total. The molecule has 0 saturated heterocycles. The first-order valence-corrected chi connectivity index (χ1v) is 14.3. The van der Waals surface area contributed by atoms with Crippen LogP contribution in [-0.4, -0.2) is 23.3 Å². The average molecular weight is 547 g/mol. The van der Waals surface area contributed by atoms with E-state index in [-0.39, 0.29) is 11.7 Å². The van der Waals surface area contributed by atoms with E-state index in [4.69, 9.17) is 14.9 Å². The van der Waals surface area contributed by atoms with E-state index in [0.717, 1.165) is 45.8 Å². The number of aryl methyl sites for hydroxylation is 2. The zero-order chi connectivity index (χ0) is 27.7. The molecule has 0 aromatic heterocycles. The number of benzene rings is 4. The highest BCUT2D eigenvalue weighted by atomic mass is 32.2. The first-order chi connectivity index (χ1) is 19.5. The van der Waals surface area contributed by atoms with Gasteiger partial charge in [-0.1, -0.05) is 91.3 Å². The molecule has 4 aromatic rings. The third-order valence-electron chi connectivity index (χ3n) is 7.10. The van der Waals surface area contributed by atoms with Gasteiger partial charge in [-0.2, -0.15) is 10.2 Å². The summed E-state index contributed by atoms with van der Waals surface area (Å²) in [5.74, 6) is -0.447. The predicted molar refractivity (Wildman–Crippen MR) is 164 cm³/mol. The van der Waals surface area contributed by atoms with Crippen LogP contribution in [0.15, 0.2) is 113 Å². The van der Waals surface area contributed by atoms with Gasteiger partial charge >= 0.3 is 5.97 Å². The molecule has 6 rings (SSSR count). The van der Waals surface area contributed by atoms with E-state index in [9.17, 15) is 4.79 Å². The van der Waals surface area contributed by atoms with Crippen LogP contribution in [0, 0.1) is 6.92 Å². The third kappa shape index (κ3) is 4.36. The molecule has 40 heavy (non-hydrogen) atoms. The summed E-state index contributed by atoms with van der Waals surface area (Å²) in [6, 6.07) is 35.1. The fraction of sp³-hybridized carbons (Fsp3) is 0.182. The van der Waals surface area contributed by atoms with Gasteiger partial charge in [-0.15, -0.1) is 0 Å². The summed E-state index contributed by atoms with van der Waals surface area (Å²) < 4.78 is 5.43. The maximum absolute atomic E-state index is 13.1. The second-order valence-electron chi connectivity index (χ2n) is 9.68. The topological polar surface area (TPSA) is 57.5 Å². The van der Waals surface area contributed by atoms with E-state index in [1.807, 2.05) is 64.6 Å². The molecule has 200 valence electrons. The molecule has 0 radical (unpaired) electrons. The lowest BCUT2D eigenvalue weighted by Gasteiger charge is -2.47. The Kier molecular flexibility index (Phi) is 6.90. The van der Waals surface area contributed by atoms with Gasteiger partial charge in [-0.3, -0.25) is 0 Å². The van der Waals surface area contributed by atoms with Crippen molar-refractivity contribution in [3.63, 3.8) is 0 Å². The summed E-state index contributed by atoms with van der Waals surface area (Å²) >= 11 is 1.36. The smallest absolute Gasteiger partial charge is 0.365 e. The Bertz CT molecular complexity index is 1600. The Morgan fingerprint density at radius 2 is 1.45 bits per heavy atom. The highest BCUT2D eigenvalue weighted by molar-refractivity contribution is 8.16. The number of hydrogen-bond donors (Lipinski definition) is 0. The number of fused-ring (bicyclic) bond motifs is 2. The number of carbonyl (C=O) groups excluding carboxylic acids is 1. The van der Waals surface area contributed by atoms with Crippen LogP contribution in [0.3, 0.4) is 0 Å². The van der Waals surface area contributed by atoms with Crippen molar-refractivity contribution in [2.75, 3.05) is 16.6 Å². The number of nitrogens with zero attached hydrogens (tertiary/aromatic N) is 4. The normalized spacial score (nSPS) is 17.9. The highest BCUT2D eigenvalue weighted by Crippen LogP contribution is 2.55. The van der Waals surface area contributed by atoms with Crippen LogP contribution in [0.5, 0.6) is 0 Å². The van der Waals surface area contributed by atoms with E-state index >= 15 is 0 Å². The van der Waals surface area contributed by atoms with E-state index in [0.29, 0.717) is 0 Å². The molecule has 0 N–H and O–H groups in total. The monoisotopic (exact) mass is 546 g/mol. The number of rotatable bonds is 6. The zero-order valence-corrected chi connectivity index (χ0v) is 23.6. The highest BCUT2D eigenvalue weighted by Gasteiger charge is 2.56. The number of ether oxygens (including phenoxy) is 1. The van der Waals surface area contributed by atoms with Gasteiger partial charge in [0.15, 0.2) is 0 Å². The number of esters is 1. The number of carbonyl (C=O) groups is 1. The van der Waals surface area contributed by atoms with Gasteiger partial charge < -0.3 is 4.74 Å². The maximum Gasteiger partial charge on any atom is 0.365 e. The Hall–Kier alpha value is -4.36. The molecule has 2 aliphatic heterocycles. The van der Waals surface area contributed by atoms with Crippen LogP contribution in [0.4, 0.5) is 11.4 Å². The van der Waals surface area contributed by atoms with Crippen LogP contribution in [0.2, 0.25) is 0 Å². The number of hydrazone groups is 2. The Labute approximate surface area is 239 Å². The van der Waals surface area contributed by atoms with Crippen molar-refractivity contribution in [3.05, 3.63) is 131 Å². The number of anilines is 2. The lowest BCUT2D eigenvalue weighted by Crippen LogP contribution is -2.54. The lowest BCUT2D eigenvalue weighted by molar-refractivity contribution is -0.134. The second-order valence-corrected chi connectivity index (χ2v) is 10.8. The van der Waals surface area contributed by atoms with Gasteiger partial charge in [0, 0.05) is 16.7 Å². The van der Waals surface area contributed by atoms with E-state index in [1.165, 1.54) is 17.3 Å². The summed E-state index contributed by atoms with van der Waals surface area (Å²) in [7, 11) is 0. The molecule has 0 amide bonds. The Morgan fingerprint density at radius 3 is 2.15 bits per heavy atom. The lowest BCUT2D eigenvalue weighted by atomic mass is 9.92. The third-order valence-corrected chi connectivity index (χ3v) is 8.39. The van der Waals surface area contributed by atoms with Gasteiger partial charge in [-0.05, 0) is 61.9 Å². The van der Waals surface area contributed by atoms with Crippen molar-refractivity contribution >= 4 is 39.9 Å². The summed E-state index contributed by atoms with van der Waals surface area (Å²) in [6.07, 6.45) is 0.971. The standard InChI is InChI=1S/C33H30N4O2S/c1-4-24-17-19-25(20-18-24)30-28-13-9-10-14-29(28)33(36(34-30)26-11-7-6-8-12-26)37(27-21-15-23(3)16-22-27)35-31(40-33)32(38)39-5-2/h6-22H,4-5H2,1-3H3. The molecule has 7 heteroatoms. The molecule has 1 spiro atoms. The number of para-hydroxylation sites is 1. The van der Waals surface area contributed by atoms with E-state index in [1.54, 1.807) is 6.92 Å². The van der Waals surface area contributed by atoms with Gasteiger partial charge in [0.25, 0.3) is 0 Å². The van der Waals surface area contributed by atoms with Crippen LogP contribution in [-0.2, 0) is 20.9 Å². The minimum atomic E-state index is -1.01. The van der Waals surface area contributed by atoms with E-state index < -0.39 is 11.0 Å². The van der Waals surface area contributed by atoms with Gasteiger partial charge in [0.05, 0.1) is 23.7 Å². The van der Waals surface area contributed by atoms with Crippen LogP contribution in [0.1, 0.15) is 41.7 Å². The minimum absolute atomic E-state index is 0.269. The molecule has 2 heterocycles. The van der Waals surface area contributed by atoms with Crippen molar-refractivity contribution < 1.29 is 9.53 Å². The quantitative estimate of drug-likeness (QED) is 0.242. The Balaban J connectivity index is 1.62. The largest absolute Gasteiger partial charge is 0.461 e. The predicted octanol–water partition coefficient (Wildman–Crippen LogP) is 7.07. The van der Waals surface area contributed by atoms with Crippen LogP contribution < -0.4 is 10.0 Å². The molecule has 2 aliphatic rings. The van der Waals surface area contributed by atoms with Crippen LogP contribution >= 0.6 is 11.8 Å². The summed E-state index contributed by atoms with van der Waals surface area (Å²) in [5, 5.41) is 14.4. The zero-order valence-electron chi connectivity index (χ0n) is 22.7. The molecule has 0 aliphatic carbocycles. The van der Waals surface area contributed by atoms with E-state index in [2.05, 4.69) is 62.4 Å². The molecule has 0 bridgehead atoms. The van der Waals surface area contributed by atoms with Gasteiger partial charge in [-0.25, -0.2) is 14.8 Å². The molecule has 1 atom stereocenters. The number of thioether (sulfide) groups is 1. The SMILES string of the molecule is CCOC(=O)C1=NN(c2ccc(C)cc2)C2(S1)c1ccccc1C(c1ccc(CC)cc1)=NN2c1ccccc1. The first kappa shape index (κ1) is 25.9.